The second kappa shape index (κ2) is 11.1. The van der Waals surface area contributed by atoms with Crippen molar-refractivity contribution in [3.05, 3.63) is 45.8 Å². The van der Waals surface area contributed by atoms with Gasteiger partial charge in [-0.05, 0) is 93.6 Å². The molecule has 1 saturated heterocycles. The number of aliphatic carboxylic acids is 1. The molecule has 3 heterocycles. The number of para-hydroxylation sites is 1. The van der Waals surface area contributed by atoms with E-state index < -0.39 is 29.3 Å². The van der Waals surface area contributed by atoms with Gasteiger partial charge in [0.1, 0.15) is 22.3 Å². The normalized spacial score (nSPS) is 33.2. The first-order valence-electron chi connectivity index (χ1n) is 17.0. The lowest BCUT2D eigenvalue weighted by Gasteiger charge is -2.40. The van der Waals surface area contributed by atoms with Crippen LogP contribution in [-0.4, -0.2) is 67.7 Å². The van der Waals surface area contributed by atoms with E-state index in [0.717, 1.165) is 18.4 Å². The standard InChI is InChI=1S/C36H42N2O8S/c1-20-27-29(39)36(10-7-21(15-36)32(41)42)33(43)38(18-26(46-23-8-13-45-14-9-23)24-5-3-4-6-25(24)44-2)31(27)47-28(20)30(40)37-22-16-34-11-12-35(34,17-22)19-34/h3-6,21-23,26H,7-19H2,1-2H3,(H,37,40)(H,41,42). The number of nitrogens with one attached hydrogen (secondary N) is 1. The van der Waals surface area contributed by atoms with Crippen molar-refractivity contribution in [3.8, 4) is 5.75 Å². The zero-order valence-electron chi connectivity index (χ0n) is 27.0. The van der Waals surface area contributed by atoms with Crippen molar-refractivity contribution in [2.45, 2.75) is 89.4 Å². The van der Waals surface area contributed by atoms with Crippen LogP contribution in [0.4, 0.5) is 5.00 Å². The lowest BCUT2D eigenvalue weighted by Crippen LogP contribution is -2.53. The number of carbonyl (C=O) groups excluding carboxylic acids is 3. The van der Waals surface area contributed by atoms with Crippen LogP contribution in [0.25, 0.3) is 0 Å². The van der Waals surface area contributed by atoms with Crippen LogP contribution in [0, 0.1) is 29.1 Å². The van der Waals surface area contributed by atoms with Gasteiger partial charge in [0.2, 0.25) is 5.91 Å². The van der Waals surface area contributed by atoms with Crippen LogP contribution in [0.3, 0.4) is 0 Å². The highest BCUT2D eigenvalue weighted by Crippen LogP contribution is 2.85. The van der Waals surface area contributed by atoms with Gasteiger partial charge in [0, 0.05) is 24.8 Å². The summed E-state index contributed by atoms with van der Waals surface area (Å²) in [7, 11) is 1.60. The van der Waals surface area contributed by atoms with Crippen LogP contribution in [0.5, 0.6) is 5.75 Å². The molecule has 2 N–H and O–H groups in total. The van der Waals surface area contributed by atoms with Gasteiger partial charge in [-0.25, -0.2) is 0 Å². The Bertz CT molecular complexity index is 1650. The van der Waals surface area contributed by atoms with Crippen LogP contribution in [0.2, 0.25) is 0 Å². The Morgan fingerprint density at radius 3 is 2.47 bits per heavy atom. The molecule has 8 rings (SSSR count). The fourth-order valence-electron chi connectivity index (χ4n) is 9.80. The third-order valence-corrected chi connectivity index (χ3v) is 13.8. The van der Waals surface area contributed by atoms with Gasteiger partial charge in [0.25, 0.3) is 5.91 Å². The highest BCUT2D eigenvalue weighted by atomic mass is 32.1. The Morgan fingerprint density at radius 2 is 1.81 bits per heavy atom. The smallest absolute Gasteiger partial charge is 0.306 e. The van der Waals surface area contributed by atoms with E-state index in [-0.39, 0.29) is 49.6 Å². The van der Waals surface area contributed by atoms with Gasteiger partial charge in [0.15, 0.2) is 5.78 Å². The minimum absolute atomic E-state index is 0.0564. The van der Waals surface area contributed by atoms with Gasteiger partial charge in [-0.2, -0.15) is 0 Å². The average molecular weight is 663 g/mol. The van der Waals surface area contributed by atoms with Gasteiger partial charge < -0.3 is 24.6 Å². The molecule has 2 aliphatic heterocycles. The molecule has 11 heteroatoms. The van der Waals surface area contributed by atoms with Gasteiger partial charge in [0.05, 0.1) is 36.1 Å². The zero-order chi connectivity index (χ0) is 32.7. The third-order valence-electron chi connectivity index (χ3n) is 12.5. The summed E-state index contributed by atoms with van der Waals surface area (Å²) in [5.74, 6) is -2.14. The number of rotatable bonds is 9. The number of Topliss-reactive ketones (excluding diaryl/α,β-unsaturated/α-hetero) is 1. The number of hydrogen-bond acceptors (Lipinski definition) is 8. The molecular formula is C36H42N2O8S. The van der Waals surface area contributed by atoms with Gasteiger partial charge in [-0.1, -0.05) is 18.2 Å². The van der Waals surface area contributed by atoms with E-state index >= 15 is 0 Å². The fourth-order valence-corrected chi connectivity index (χ4v) is 11.0. The molecule has 0 radical (unpaired) electrons. The summed E-state index contributed by atoms with van der Waals surface area (Å²) < 4.78 is 18.0. The molecule has 2 amide bonds. The number of nitrogens with zero attached hydrogens (tertiary/aromatic N) is 1. The maximum Gasteiger partial charge on any atom is 0.306 e. The highest BCUT2D eigenvalue weighted by Gasteiger charge is 2.77. The number of carboxylic acid groups (broad SMARTS) is 1. The number of hydrogen-bond donors (Lipinski definition) is 2. The molecule has 1 aromatic carbocycles. The minimum Gasteiger partial charge on any atom is -0.496 e. The van der Waals surface area contributed by atoms with E-state index in [1.807, 2.05) is 24.3 Å². The minimum atomic E-state index is -1.50. The molecule has 2 aromatic rings. The highest BCUT2D eigenvalue weighted by molar-refractivity contribution is 7.19. The monoisotopic (exact) mass is 662 g/mol. The van der Waals surface area contributed by atoms with Crippen LogP contribution < -0.4 is 15.0 Å². The summed E-state index contributed by atoms with van der Waals surface area (Å²) in [4.78, 5) is 57.2. The predicted octanol–water partition coefficient (Wildman–Crippen LogP) is 5.46. The summed E-state index contributed by atoms with van der Waals surface area (Å²) in [5, 5.41) is 13.6. The molecule has 47 heavy (non-hydrogen) atoms. The number of fused-ring (bicyclic) bond motifs is 1. The summed E-state index contributed by atoms with van der Waals surface area (Å²) in [5.41, 5.74) is 1.06. The Labute approximate surface area is 278 Å². The number of anilines is 1. The topological polar surface area (TPSA) is 131 Å². The van der Waals surface area contributed by atoms with Gasteiger partial charge >= 0.3 is 5.97 Å². The molecule has 5 atom stereocenters. The summed E-state index contributed by atoms with van der Waals surface area (Å²) >= 11 is 1.19. The third kappa shape index (κ3) is 4.70. The van der Waals surface area contributed by atoms with Gasteiger partial charge in [-0.3, -0.25) is 24.1 Å². The van der Waals surface area contributed by atoms with Crippen LogP contribution in [0.1, 0.15) is 101 Å². The summed E-state index contributed by atoms with van der Waals surface area (Å²) in [6, 6.07) is 7.67. The quantitative estimate of drug-likeness (QED) is 0.339. The number of amides is 2. The Hall–Kier alpha value is -3.28. The van der Waals surface area contributed by atoms with Crippen molar-refractivity contribution in [2.75, 3.05) is 31.8 Å². The van der Waals surface area contributed by atoms with Crippen molar-refractivity contribution in [2.24, 2.45) is 22.2 Å². The maximum absolute atomic E-state index is 14.7. The maximum atomic E-state index is 14.7. The number of carboxylic acids is 1. The number of methoxy groups -OCH3 is 1. The molecule has 10 nitrogen and oxygen atoms in total. The van der Waals surface area contributed by atoms with Crippen LogP contribution in [-0.2, 0) is 19.1 Å². The van der Waals surface area contributed by atoms with E-state index in [0.29, 0.717) is 63.6 Å². The Balaban J connectivity index is 1.17. The van der Waals surface area contributed by atoms with Crippen LogP contribution in [0.15, 0.2) is 24.3 Å². The predicted molar refractivity (Wildman–Crippen MR) is 173 cm³/mol. The van der Waals surface area contributed by atoms with Crippen molar-refractivity contribution in [1.82, 2.24) is 5.32 Å². The van der Waals surface area contributed by atoms with Crippen molar-refractivity contribution >= 4 is 39.9 Å². The molecule has 4 aliphatic carbocycles. The van der Waals surface area contributed by atoms with E-state index in [1.165, 1.54) is 30.6 Å². The Morgan fingerprint density at radius 1 is 1.09 bits per heavy atom. The molecule has 5 unspecified atom stereocenters. The van der Waals surface area contributed by atoms with Gasteiger partial charge in [-0.15, -0.1) is 11.3 Å². The SMILES string of the molecule is COc1ccccc1C(CN1C(=O)C2(CCC(C(=O)O)C2)C(=O)c2c1sc(C(=O)NC1CC34CCC3(C1)C4)c2C)OC1CCOCC1. The van der Waals surface area contributed by atoms with E-state index in [9.17, 15) is 24.3 Å². The molecule has 4 saturated carbocycles. The lowest BCUT2D eigenvalue weighted by molar-refractivity contribution is -0.141. The first kappa shape index (κ1) is 31.0. The number of ether oxygens (including phenoxy) is 3. The second-order valence-corrected chi connectivity index (χ2v) is 15.8. The molecule has 1 spiro atoms. The molecule has 250 valence electrons. The summed E-state index contributed by atoms with van der Waals surface area (Å²) in [6.45, 7) is 3.04. The van der Waals surface area contributed by atoms with Crippen molar-refractivity contribution < 1.29 is 38.5 Å². The number of carbonyl (C=O) groups is 4. The first-order chi connectivity index (χ1) is 22.6. The van der Waals surface area contributed by atoms with E-state index in [4.69, 9.17) is 14.2 Å². The van der Waals surface area contributed by atoms with Crippen molar-refractivity contribution in [1.29, 1.82) is 0 Å². The lowest BCUT2D eigenvalue weighted by atomic mass is 9.74. The summed E-state index contributed by atoms with van der Waals surface area (Å²) in [6.07, 6.45) is 6.85. The largest absolute Gasteiger partial charge is 0.496 e. The van der Waals surface area contributed by atoms with E-state index in [2.05, 4.69) is 5.32 Å². The fraction of sp³-hybridized carbons (Fsp3) is 0.611. The molecular weight excluding hydrogens is 620 g/mol. The second-order valence-electron chi connectivity index (χ2n) is 14.8. The molecule has 6 aliphatic rings. The van der Waals surface area contributed by atoms with Crippen LogP contribution >= 0.6 is 11.3 Å². The van der Waals surface area contributed by atoms with Crippen molar-refractivity contribution in [3.63, 3.8) is 0 Å². The number of benzene rings is 1. The number of ketones is 1. The molecule has 0 bridgehead atoms. The Kier molecular flexibility index (Phi) is 7.35. The van der Waals surface area contributed by atoms with E-state index in [1.54, 1.807) is 18.9 Å². The number of thiophene rings is 1. The molecule has 5 fully saturated rings. The zero-order valence-corrected chi connectivity index (χ0v) is 27.8. The first-order valence-corrected chi connectivity index (χ1v) is 17.8. The molecule has 1 aromatic heterocycles. The average Bonchev–Trinajstić information content (AvgIpc) is 3.52.